The van der Waals surface area contributed by atoms with Gasteiger partial charge in [-0.25, -0.2) is 0 Å². The Morgan fingerprint density at radius 3 is 2.20 bits per heavy atom. The van der Waals surface area contributed by atoms with Crippen LogP contribution in [-0.4, -0.2) is 13.7 Å². The van der Waals surface area contributed by atoms with Crippen LogP contribution in [0.25, 0.3) is 0 Å². The molecule has 0 radical (unpaired) electrons. The Balaban J connectivity index is 3.20. The van der Waals surface area contributed by atoms with Crippen molar-refractivity contribution in [2.75, 3.05) is 13.7 Å². The van der Waals surface area contributed by atoms with Gasteiger partial charge in [-0.05, 0) is 34.9 Å². The quantitative estimate of drug-likeness (QED) is 0.868. The van der Waals surface area contributed by atoms with Crippen LogP contribution < -0.4 is 16.2 Å². The predicted octanol–water partition coefficient (Wildman–Crippen LogP) is 3.37. The molecule has 1 rings (SSSR count). The van der Waals surface area contributed by atoms with Crippen LogP contribution in [0.4, 0.5) is 0 Å². The van der Waals surface area contributed by atoms with Gasteiger partial charge in [-0.15, -0.1) is 0 Å². The van der Waals surface area contributed by atoms with Crippen LogP contribution >= 0.6 is 0 Å². The molecule has 0 saturated carbocycles. The van der Waals surface area contributed by atoms with Crippen molar-refractivity contribution in [1.82, 2.24) is 0 Å². The Morgan fingerprint density at radius 1 is 1.15 bits per heavy atom. The van der Waals surface area contributed by atoms with Crippen molar-refractivity contribution in [3.8, 4) is 5.75 Å². The SMILES string of the molecule is COc1ccc(C(C)(C)CC(C)(C)C)cc1C(N)CN. The summed E-state index contributed by atoms with van der Waals surface area (Å²) in [5, 5.41) is 0. The van der Waals surface area contributed by atoms with E-state index in [4.69, 9.17) is 16.2 Å². The summed E-state index contributed by atoms with van der Waals surface area (Å²) in [4.78, 5) is 0. The van der Waals surface area contributed by atoms with Gasteiger partial charge >= 0.3 is 0 Å². The number of nitrogens with two attached hydrogens (primary N) is 2. The highest BCUT2D eigenvalue weighted by Crippen LogP contribution is 2.38. The average molecular weight is 278 g/mol. The third kappa shape index (κ3) is 4.22. The van der Waals surface area contributed by atoms with E-state index in [2.05, 4.69) is 46.8 Å². The molecule has 1 unspecified atom stereocenters. The third-order valence-electron chi connectivity index (χ3n) is 3.64. The predicted molar refractivity (Wildman–Crippen MR) is 86.1 cm³/mol. The first kappa shape index (κ1) is 17.0. The molecular weight excluding hydrogens is 248 g/mol. The monoisotopic (exact) mass is 278 g/mol. The fourth-order valence-corrected chi connectivity index (χ4v) is 3.00. The fourth-order valence-electron chi connectivity index (χ4n) is 3.00. The minimum Gasteiger partial charge on any atom is -0.496 e. The lowest BCUT2D eigenvalue weighted by molar-refractivity contribution is 0.283. The second kappa shape index (κ2) is 6.15. The molecule has 0 bridgehead atoms. The van der Waals surface area contributed by atoms with Crippen molar-refractivity contribution >= 4 is 0 Å². The zero-order valence-electron chi connectivity index (χ0n) is 13.8. The maximum atomic E-state index is 6.11. The number of rotatable bonds is 5. The first-order chi connectivity index (χ1) is 9.10. The summed E-state index contributed by atoms with van der Waals surface area (Å²) in [6, 6.07) is 6.11. The Bertz CT molecular complexity index is 447. The Morgan fingerprint density at radius 2 is 1.75 bits per heavy atom. The van der Waals surface area contributed by atoms with Crippen LogP contribution in [0, 0.1) is 5.41 Å². The van der Waals surface area contributed by atoms with Gasteiger partial charge in [0.05, 0.1) is 7.11 Å². The minimum absolute atomic E-state index is 0.0909. The Labute approximate surface area is 123 Å². The molecule has 3 heteroatoms. The molecule has 0 amide bonds. The summed E-state index contributed by atoms with van der Waals surface area (Å²) < 4.78 is 5.40. The highest BCUT2D eigenvalue weighted by atomic mass is 16.5. The Kier molecular flexibility index (Phi) is 5.22. The highest BCUT2D eigenvalue weighted by molar-refractivity contribution is 5.42. The standard InChI is InChI=1S/C17H30N2O/c1-16(2,3)11-17(4,5)12-7-8-15(20-6)13(9-12)14(19)10-18/h7-9,14H,10-11,18-19H2,1-6H3. The number of methoxy groups -OCH3 is 1. The van der Waals surface area contributed by atoms with Gasteiger partial charge in [0.2, 0.25) is 0 Å². The van der Waals surface area contributed by atoms with Gasteiger partial charge in [-0.2, -0.15) is 0 Å². The molecule has 0 fully saturated rings. The third-order valence-corrected chi connectivity index (χ3v) is 3.64. The lowest BCUT2D eigenvalue weighted by Crippen LogP contribution is -2.26. The minimum atomic E-state index is -0.185. The molecule has 1 aromatic carbocycles. The molecule has 4 N–H and O–H groups in total. The lowest BCUT2D eigenvalue weighted by atomic mass is 9.72. The summed E-state index contributed by atoms with van der Waals surface area (Å²) in [5.74, 6) is 0.818. The van der Waals surface area contributed by atoms with E-state index in [0.29, 0.717) is 6.54 Å². The van der Waals surface area contributed by atoms with Gasteiger partial charge in [0.1, 0.15) is 5.75 Å². The summed E-state index contributed by atoms with van der Waals surface area (Å²) in [7, 11) is 1.67. The van der Waals surface area contributed by atoms with Crippen molar-refractivity contribution in [3.05, 3.63) is 29.3 Å². The first-order valence-corrected chi connectivity index (χ1v) is 7.25. The van der Waals surface area contributed by atoms with Crippen molar-refractivity contribution in [1.29, 1.82) is 0 Å². The lowest BCUT2D eigenvalue weighted by Gasteiger charge is -2.33. The van der Waals surface area contributed by atoms with Gasteiger partial charge < -0.3 is 16.2 Å². The molecule has 1 aromatic rings. The molecule has 0 aliphatic heterocycles. The van der Waals surface area contributed by atoms with Crippen molar-refractivity contribution < 1.29 is 4.74 Å². The van der Waals surface area contributed by atoms with E-state index in [1.165, 1.54) is 5.56 Å². The molecule has 0 aromatic heterocycles. The van der Waals surface area contributed by atoms with E-state index in [9.17, 15) is 0 Å². The zero-order valence-corrected chi connectivity index (χ0v) is 13.8. The van der Waals surface area contributed by atoms with E-state index >= 15 is 0 Å². The second-order valence-electron chi connectivity index (χ2n) is 7.42. The number of ether oxygens (including phenoxy) is 1. The van der Waals surface area contributed by atoms with Crippen molar-refractivity contribution in [2.24, 2.45) is 16.9 Å². The molecule has 1 atom stereocenters. The van der Waals surface area contributed by atoms with Gasteiger partial charge in [0.25, 0.3) is 0 Å². The van der Waals surface area contributed by atoms with Gasteiger partial charge in [-0.3, -0.25) is 0 Å². The van der Waals surface area contributed by atoms with Crippen LogP contribution in [-0.2, 0) is 5.41 Å². The molecule has 114 valence electrons. The summed E-state index contributed by atoms with van der Waals surface area (Å²) in [6.45, 7) is 11.8. The number of benzene rings is 1. The summed E-state index contributed by atoms with van der Waals surface area (Å²) in [6.07, 6.45) is 1.10. The highest BCUT2D eigenvalue weighted by Gasteiger charge is 2.28. The van der Waals surface area contributed by atoms with Crippen LogP contribution in [0.3, 0.4) is 0 Å². The van der Waals surface area contributed by atoms with Crippen molar-refractivity contribution in [2.45, 2.75) is 52.5 Å². The molecule has 3 nitrogen and oxygen atoms in total. The van der Waals surface area contributed by atoms with Crippen LogP contribution in [0.2, 0.25) is 0 Å². The van der Waals surface area contributed by atoms with Crippen LogP contribution in [0.15, 0.2) is 18.2 Å². The van der Waals surface area contributed by atoms with Gasteiger partial charge in [-0.1, -0.05) is 40.7 Å². The molecule has 0 aliphatic rings. The topological polar surface area (TPSA) is 61.3 Å². The maximum absolute atomic E-state index is 6.11. The summed E-state index contributed by atoms with van der Waals surface area (Å²) >= 11 is 0. The van der Waals surface area contributed by atoms with E-state index in [0.717, 1.165) is 17.7 Å². The van der Waals surface area contributed by atoms with E-state index < -0.39 is 0 Å². The van der Waals surface area contributed by atoms with Crippen LogP contribution in [0.1, 0.15) is 58.2 Å². The molecule has 0 aliphatic carbocycles. The molecule has 0 spiro atoms. The molecular formula is C17H30N2O. The molecule has 0 heterocycles. The fraction of sp³-hybridized carbons (Fsp3) is 0.647. The largest absolute Gasteiger partial charge is 0.496 e. The van der Waals surface area contributed by atoms with E-state index in [1.807, 2.05) is 6.07 Å². The molecule has 0 saturated heterocycles. The van der Waals surface area contributed by atoms with Crippen molar-refractivity contribution in [3.63, 3.8) is 0 Å². The average Bonchev–Trinajstić information content (AvgIpc) is 2.34. The van der Waals surface area contributed by atoms with Gasteiger partial charge in [0, 0.05) is 18.2 Å². The summed E-state index contributed by atoms with van der Waals surface area (Å²) in [5.41, 5.74) is 14.5. The van der Waals surface area contributed by atoms with E-state index in [-0.39, 0.29) is 16.9 Å². The normalized spacial score (nSPS) is 14.2. The van der Waals surface area contributed by atoms with E-state index in [1.54, 1.807) is 7.11 Å². The molecule has 20 heavy (non-hydrogen) atoms. The second-order valence-corrected chi connectivity index (χ2v) is 7.42. The van der Waals surface area contributed by atoms with Crippen LogP contribution in [0.5, 0.6) is 5.75 Å². The zero-order chi connectivity index (χ0) is 15.6. The number of hydrogen-bond donors (Lipinski definition) is 2. The maximum Gasteiger partial charge on any atom is 0.123 e. The van der Waals surface area contributed by atoms with Gasteiger partial charge in [0.15, 0.2) is 0 Å². The first-order valence-electron chi connectivity index (χ1n) is 7.25. The number of hydrogen-bond acceptors (Lipinski definition) is 3. The Hall–Kier alpha value is -1.06. The smallest absolute Gasteiger partial charge is 0.123 e.